The fourth-order valence-electron chi connectivity index (χ4n) is 4.93. The van der Waals surface area contributed by atoms with Crippen molar-refractivity contribution < 1.29 is 9.53 Å². The molecule has 0 aromatic carbocycles. The zero-order valence-corrected chi connectivity index (χ0v) is 25.0. The smallest absolute Gasteiger partial charge is 0.305 e. The van der Waals surface area contributed by atoms with Gasteiger partial charge in [0.05, 0.1) is 6.61 Å². The van der Waals surface area contributed by atoms with Crippen molar-refractivity contribution in [2.24, 2.45) is 0 Å². The van der Waals surface area contributed by atoms with E-state index in [0.717, 1.165) is 19.3 Å². The Bertz CT molecular complexity index is 442. The number of ether oxygens (including phenoxy) is 1. The molecule has 214 valence electrons. The molecule has 0 N–H and O–H groups in total. The summed E-state index contributed by atoms with van der Waals surface area (Å²) in [5.74, 6) is -0.0135. The third kappa shape index (κ3) is 31.2. The maximum Gasteiger partial charge on any atom is 0.305 e. The molecular formula is C34H66O2. The number of hydrogen-bond donors (Lipinski definition) is 0. The van der Waals surface area contributed by atoms with Crippen molar-refractivity contribution in [2.45, 2.75) is 194 Å². The number of unbranched alkanes of at least 4 members (excludes halogenated alkanes) is 24. The molecule has 2 heteroatoms. The number of rotatable bonds is 30. The molecule has 0 aromatic heterocycles. The third-order valence-electron chi connectivity index (χ3n) is 7.42. The molecule has 0 aliphatic heterocycles. The van der Waals surface area contributed by atoms with Gasteiger partial charge in [0.1, 0.15) is 0 Å². The molecule has 0 aliphatic carbocycles. The van der Waals surface area contributed by atoms with E-state index in [1.54, 1.807) is 0 Å². The molecule has 0 atom stereocenters. The summed E-state index contributed by atoms with van der Waals surface area (Å²) in [5.41, 5.74) is 0. The topological polar surface area (TPSA) is 26.3 Å². The molecule has 0 radical (unpaired) electrons. The van der Waals surface area contributed by atoms with E-state index in [0.29, 0.717) is 13.0 Å². The van der Waals surface area contributed by atoms with E-state index in [2.05, 4.69) is 26.0 Å². The Morgan fingerprint density at radius 2 is 0.778 bits per heavy atom. The number of carbonyl (C=O) groups is 1. The Labute approximate surface area is 227 Å². The van der Waals surface area contributed by atoms with Gasteiger partial charge in [-0.3, -0.25) is 4.79 Å². The number of allylic oxidation sites excluding steroid dienone is 1. The molecule has 2 nitrogen and oxygen atoms in total. The Kier molecular flexibility index (Phi) is 31.5. The monoisotopic (exact) mass is 507 g/mol. The molecule has 0 saturated heterocycles. The lowest BCUT2D eigenvalue weighted by atomic mass is 10.0. The average Bonchev–Trinajstić information content (AvgIpc) is 2.88. The van der Waals surface area contributed by atoms with Gasteiger partial charge in [-0.05, 0) is 19.3 Å². The molecular weight excluding hydrogens is 440 g/mol. The minimum atomic E-state index is -0.0135. The quantitative estimate of drug-likeness (QED) is 0.0550. The van der Waals surface area contributed by atoms with Gasteiger partial charge < -0.3 is 4.74 Å². The van der Waals surface area contributed by atoms with Gasteiger partial charge in [-0.1, -0.05) is 180 Å². The highest BCUT2D eigenvalue weighted by Crippen LogP contribution is 2.15. The first kappa shape index (κ1) is 35.2. The highest BCUT2D eigenvalue weighted by Gasteiger charge is 2.02. The normalized spacial score (nSPS) is 11.5. The Balaban J connectivity index is 3.13. The van der Waals surface area contributed by atoms with Crippen LogP contribution < -0.4 is 0 Å². The molecule has 0 rings (SSSR count). The van der Waals surface area contributed by atoms with Crippen LogP contribution in [0.2, 0.25) is 0 Å². The van der Waals surface area contributed by atoms with Crippen molar-refractivity contribution in [3.8, 4) is 0 Å². The van der Waals surface area contributed by atoms with Crippen LogP contribution in [0.4, 0.5) is 0 Å². The van der Waals surface area contributed by atoms with Crippen LogP contribution >= 0.6 is 0 Å². The largest absolute Gasteiger partial charge is 0.465 e. The van der Waals surface area contributed by atoms with Crippen LogP contribution in [-0.4, -0.2) is 12.6 Å². The summed E-state index contributed by atoms with van der Waals surface area (Å²) in [6.45, 7) is 5.05. The predicted octanol–water partition coefficient (Wildman–Crippen LogP) is 12.0. The Hall–Kier alpha value is -0.790. The van der Waals surface area contributed by atoms with E-state index in [1.807, 2.05) is 0 Å². The first-order chi connectivity index (χ1) is 17.8. The first-order valence-corrected chi connectivity index (χ1v) is 16.6. The lowest BCUT2D eigenvalue weighted by Crippen LogP contribution is -2.04. The second kappa shape index (κ2) is 32.2. The summed E-state index contributed by atoms with van der Waals surface area (Å²) >= 11 is 0. The summed E-state index contributed by atoms with van der Waals surface area (Å²) in [7, 11) is 0. The number of carbonyl (C=O) groups excluding carboxylic acids is 1. The van der Waals surface area contributed by atoms with Gasteiger partial charge in [-0.15, -0.1) is 0 Å². The van der Waals surface area contributed by atoms with Crippen LogP contribution in [0.25, 0.3) is 0 Å². The summed E-state index contributed by atoms with van der Waals surface area (Å²) < 4.78 is 5.31. The van der Waals surface area contributed by atoms with Crippen LogP contribution in [0.3, 0.4) is 0 Å². The van der Waals surface area contributed by atoms with E-state index in [9.17, 15) is 4.79 Å². The summed E-state index contributed by atoms with van der Waals surface area (Å²) in [6.07, 6.45) is 41.6. The number of esters is 1. The highest BCUT2D eigenvalue weighted by atomic mass is 16.5. The first-order valence-electron chi connectivity index (χ1n) is 16.6. The van der Waals surface area contributed by atoms with Gasteiger partial charge in [0, 0.05) is 6.42 Å². The van der Waals surface area contributed by atoms with Gasteiger partial charge >= 0.3 is 5.97 Å². The second-order valence-electron chi connectivity index (χ2n) is 11.2. The maximum atomic E-state index is 11.7. The summed E-state index contributed by atoms with van der Waals surface area (Å²) in [6, 6.07) is 0. The minimum Gasteiger partial charge on any atom is -0.465 e. The van der Waals surface area contributed by atoms with E-state index >= 15 is 0 Å². The van der Waals surface area contributed by atoms with Crippen molar-refractivity contribution in [3.05, 3.63) is 12.2 Å². The molecule has 0 fully saturated rings. The number of hydrogen-bond acceptors (Lipinski definition) is 2. The molecule has 0 bridgehead atoms. The second-order valence-corrected chi connectivity index (χ2v) is 11.2. The molecule has 0 saturated carbocycles. The fourth-order valence-corrected chi connectivity index (χ4v) is 4.93. The lowest BCUT2D eigenvalue weighted by Gasteiger charge is -2.05. The van der Waals surface area contributed by atoms with E-state index in [1.165, 1.54) is 154 Å². The Morgan fingerprint density at radius 3 is 1.17 bits per heavy atom. The predicted molar refractivity (Wildman–Crippen MR) is 161 cm³/mol. The fraction of sp³-hybridized carbons (Fsp3) is 0.912. The summed E-state index contributed by atoms with van der Waals surface area (Å²) in [4.78, 5) is 11.7. The highest BCUT2D eigenvalue weighted by molar-refractivity contribution is 5.69. The van der Waals surface area contributed by atoms with E-state index in [4.69, 9.17) is 4.74 Å². The van der Waals surface area contributed by atoms with Crippen molar-refractivity contribution in [3.63, 3.8) is 0 Å². The van der Waals surface area contributed by atoms with Crippen LogP contribution in [-0.2, 0) is 9.53 Å². The molecule has 0 aromatic rings. The standard InChI is InChI=1S/C34H66O2/c1-3-5-7-9-11-12-13-14-15-16-17-18-19-20-21-22-23-24-25-26-27-28-30-32-34(35)36-33-31-29-10-8-6-4-2/h10,29H,3-9,11-28,30-33H2,1-2H3/b29-10+. The van der Waals surface area contributed by atoms with Crippen molar-refractivity contribution in [1.82, 2.24) is 0 Å². The van der Waals surface area contributed by atoms with Gasteiger partial charge in [0.25, 0.3) is 0 Å². The van der Waals surface area contributed by atoms with Gasteiger partial charge in [-0.25, -0.2) is 0 Å². The maximum absolute atomic E-state index is 11.7. The summed E-state index contributed by atoms with van der Waals surface area (Å²) in [5, 5.41) is 0. The lowest BCUT2D eigenvalue weighted by molar-refractivity contribution is -0.143. The van der Waals surface area contributed by atoms with Crippen LogP contribution in [0.1, 0.15) is 194 Å². The van der Waals surface area contributed by atoms with E-state index < -0.39 is 0 Å². The van der Waals surface area contributed by atoms with Crippen molar-refractivity contribution in [1.29, 1.82) is 0 Å². The molecule has 0 heterocycles. The van der Waals surface area contributed by atoms with Crippen molar-refractivity contribution in [2.75, 3.05) is 6.61 Å². The zero-order chi connectivity index (χ0) is 26.2. The molecule has 0 amide bonds. The SMILES string of the molecule is CCCC/C=C/CCOC(=O)CCCCCCCCCCCCCCCCCCCCCCCCC. The minimum absolute atomic E-state index is 0.0135. The third-order valence-corrected chi connectivity index (χ3v) is 7.42. The van der Waals surface area contributed by atoms with Crippen LogP contribution in [0.5, 0.6) is 0 Å². The molecule has 0 unspecified atom stereocenters. The van der Waals surface area contributed by atoms with Gasteiger partial charge in [0.2, 0.25) is 0 Å². The van der Waals surface area contributed by atoms with Gasteiger partial charge in [-0.2, -0.15) is 0 Å². The van der Waals surface area contributed by atoms with Crippen molar-refractivity contribution >= 4 is 5.97 Å². The molecule has 0 spiro atoms. The Morgan fingerprint density at radius 1 is 0.444 bits per heavy atom. The van der Waals surface area contributed by atoms with Crippen LogP contribution in [0, 0.1) is 0 Å². The van der Waals surface area contributed by atoms with E-state index in [-0.39, 0.29) is 5.97 Å². The average molecular weight is 507 g/mol. The van der Waals surface area contributed by atoms with Crippen LogP contribution in [0.15, 0.2) is 12.2 Å². The zero-order valence-electron chi connectivity index (χ0n) is 25.0. The van der Waals surface area contributed by atoms with Gasteiger partial charge in [0.15, 0.2) is 0 Å². The molecule has 36 heavy (non-hydrogen) atoms. The molecule has 0 aliphatic rings.